The summed E-state index contributed by atoms with van der Waals surface area (Å²) in [6.45, 7) is 13.5. The molecule has 1 rings (SSSR count). The molecule has 1 aliphatic rings. The van der Waals surface area contributed by atoms with Crippen molar-refractivity contribution in [3.8, 4) is 0 Å². The second-order valence-electron chi connectivity index (χ2n) is 5.74. The standard InChI is InChI=1S/C12H32O6Si4/c1-7-9-11-13-21(5)15-19(3)17-22(6,14-12-10-8-2)18-20(4)16-21/h19-20H,7-12H2,1-6H3. The van der Waals surface area contributed by atoms with E-state index in [1.165, 1.54) is 0 Å². The molecule has 0 aliphatic carbocycles. The fourth-order valence-corrected chi connectivity index (χ4v) is 16.7. The molecule has 0 N–H and O–H groups in total. The largest absolute Gasteiger partial charge is 0.479 e. The first-order valence-electron chi connectivity index (χ1n) is 8.31. The molecule has 22 heavy (non-hydrogen) atoms. The van der Waals surface area contributed by atoms with Crippen molar-refractivity contribution in [2.45, 2.75) is 65.7 Å². The Morgan fingerprint density at radius 1 is 0.727 bits per heavy atom. The van der Waals surface area contributed by atoms with Crippen molar-refractivity contribution in [3.05, 3.63) is 0 Å². The van der Waals surface area contributed by atoms with Crippen molar-refractivity contribution in [1.82, 2.24) is 0 Å². The minimum absolute atomic E-state index is 0.670. The van der Waals surface area contributed by atoms with Crippen molar-refractivity contribution in [3.63, 3.8) is 0 Å². The van der Waals surface area contributed by atoms with Gasteiger partial charge in [-0.2, -0.15) is 0 Å². The number of hydrogen-bond donors (Lipinski definition) is 0. The van der Waals surface area contributed by atoms with Gasteiger partial charge in [0.2, 0.25) is 0 Å². The van der Waals surface area contributed by atoms with Crippen LogP contribution in [0.4, 0.5) is 0 Å². The molecule has 0 aromatic rings. The van der Waals surface area contributed by atoms with E-state index in [0.717, 1.165) is 25.7 Å². The molecule has 0 unspecified atom stereocenters. The molecule has 132 valence electrons. The summed E-state index contributed by atoms with van der Waals surface area (Å²) in [7, 11) is -9.09. The van der Waals surface area contributed by atoms with E-state index in [1.807, 2.05) is 26.2 Å². The maximum Gasteiger partial charge on any atom is 0.479 e. The third-order valence-electron chi connectivity index (χ3n) is 3.24. The first-order chi connectivity index (χ1) is 10.3. The topological polar surface area (TPSA) is 55.4 Å². The molecule has 0 radical (unpaired) electrons. The lowest BCUT2D eigenvalue weighted by Gasteiger charge is -2.39. The predicted molar refractivity (Wildman–Crippen MR) is 95.3 cm³/mol. The second-order valence-corrected chi connectivity index (χ2v) is 15.8. The molecule has 1 fully saturated rings. The molecule has 0 spiro atoms. The summed E-state index contributed by atoms with van der Waals surface area (Å²) in [6, 6.07) is 0. The summed E-state index contributed by atoms with van der Waals surface area (Å²) >= 11 is 0. The van der Waals surface area contributed by atoms with Gasteiger partial charge in [-0.15, -0.1) is 0 Å². The van der Waals surface area contributed by atoms with Crippen molar-refractivity contribution < 1.29 is 25.3 Å². The molecule has 10 heteroatoms. The summed E-state index contributed by atoms with van der Waals surface area (Å²) < 4.78 is 36.3. The molecule has 0 amide bonds. The van der Waals surface area contributed by atoms with E-state index in [9.17, 15) is 0 Å². The Labute approximate surface area is 140 Å². The third-order valence-corrected chi connectivity index (χ3v) is 16.9. The van der Waals surface area contributed by atoms with E-state index in [4.69, 9.17) is 25.3 Å². The summed E-state index contributed by atoms with van der Waals surface area (Å²) in [5, 5.41) is 0. The van der Waals surface area contributed by atoms with Crippen LogP contribution in [-0.2, 0) is 25.3 Å². The van der Waals surface area contributed by atoms with Crippen LogP contribution >= 0.6 is 0 Å². The highest BCUT2D eigenvalue weighted by molar-refractivity contribution is 6.81. The van der Waals surface area contributed by atoms with Gasteiger partial charge in [0.05, 0.1) is 0 Å². The van der Waals surface area contributed by atoms with Crippen molar-refractivity contribution in [2.24, 2.45) is 0 Å². The first-order valence-corrected chi connectivity index (χ1v) is 17.0. The Morgan fingerprint density at radius 2 is 1.05 bits per heavy atom. The molecule has 1 aliphatic heterocycles. The summed E-state index contributed by atoms with van der Waals surface area (Å²) in [6.07, 6.45) is 4.20. The minimum atomic E-state index is -2.64. The zero-order chi connectivity index (χ0) is 16.6. The van der Waals surface area contributed by atoms with Crippen LogP contribution in [0.1, 0.15) is 39.5 Å². The average molecular weight is 385 g/mol. The summed E-state index contributed by atoms with van der Waals surface area (Å²) in [5.41, 5.74) is 0. The lowest BCUT2D eigenvalue weighted by molar-refractivity contribution is 0.105. The Balaban J connectivity index is 2.64. The van der Waals surface area contributed by atoms with Crippen LogP contribution in [0.5, 0.6) is 0 Å². The Kier molecular flexibility index (Phi) is 9.22. The van der Waals surface area contributed by atoms with E-state index in [1.54, 1.807) is 0 Å². The summed E-state index contributed by atoms with van der Waals surface area (Å²) in [4.78, 5) is 0. The molecular weight excluding hydrogens is 352 g/mol. The fraction of sp³-hybridized carbons (Fsp3) is 1.00. The van der Waals surface area contributed by atoms with Gasteiger partial charge in [0, 0.05) is 26.3 Å². The lowest BCUT2D eigenvalue weighted by atomic mass is 10.4. The second kappa shape index (κ2) is 9.81. The average Bonchev–Trinajstić information content (AvgIpc) is 2.36. The van der Waals surface area contributed by atoms with Crippen LogP contribution < -0.4 is 0 Å². The molecule has 0 atom stereocenters. The number of hydrogen-bond acceptors (Lipinski definition) is 6. The van der Waals surface area contributed by atoms with Crippen molar-refractivity contribution in [1.29, 1.82) is 0 Å². The van der Waals surface area contributed by atoms with E-state index in [2.05, 4.69) is 13.8 Å². The van der Waals surface area contributed by atoms with Crippen LogP contribution in [0.15, 0.2) is 0 Å². The maximum atomic E-state index is 6.12. The molecule has 6 nitrogen and oxygen atoms in total. The summed E-state index contributed by atoms with van der Waals surface area (Å²) in [5.74, 6) is 0. The predicted octanol–water partition coefficient (Wildman–Crippen LogP) is 2.54. The van der Waals surface area contributed by atoms with Gasteiger partial charge in [-0.25, -0.2) is 0 Å². The van der Waals surface area contributed by atoms with E-state index in [-0.39, 0.29) is 0 Å². The van der Waals surface area contributed by atoms with E-state index >= 15 is 0 Å². The number of unbranched alkanes of at least 4 members (excludes halogenated alkanes) is 2. The highest BCUT2D eigenvalue weighted by Gasteiger charge is 2.48. The van der Waals surface area contributed by atoms with Gasteiger partial charge >= 0.3 is 36.2 Å². The Morgan fingerprint density at radius 3 is 1.32 bits per heavy atom. The van der Waals surface area contributed by atoms with Crippen molar-refractivity contribution in [2.75, 3.05) is 13.2 Å². The van der Waals surface area contributed by atoms with E-state index < -0.39 is 36.2 Å². The zero-order valence-electron chi connectivity index (χ0n) is 14.8. The van der Waals surface area contributed by atoms with Gasteiger partial charge in [0.15, 0.2) is 0 Å². The zero-order valence-corrected chi connectivity index (χ0v) is 19.2. The first kappa shape index (κ1) is 20.7. The molecule has 0 saturated carbocycles. The van der Waals surface area contributed by atoms with Crippen LogP contribution in [0, 0.1) is 0 Å². The van der Waals surface area contributed by atoms with Gasteiger partial charge in [0.1, 0.15) is 0 Å². The van der Waals surface area contributed by atoms with Gasteiger partial charge in [-0.05, 0) is 25.9 Å². The third kappa shape index (κ3) is 7.46. The highest BCUT2D eigenvalue weighted by atomic mass is 28.5. The van der Waals surface area contributed by atoms with Gasteiger partial charge < -0.3 is 25.3 Å². The van der Waals surface area contributed by atoms with Crippen LogP contribution in [0.3, 0.4) is 0 Å². The van der Waals surface area contributed by atoms with Crippen LogP contribution in [0.25, 0.3) is 0 Å². The lowest BCUT2D eigenvalue weighted by Crippen LogP contribution is -2.60. The molecule has 1 saturated heterocycles. The maximum absolute atomic E-state index is 6.12. The van der Waals surface area contributed by atoms with Gasteiger partial charge in [-0.3, -0.25) is 0 Å². The fourth-order valence-electron chi connectivity index (χ4n) is 2.25. The van der Waals surface area contributed by atoms with Crippen LogP contribution in [-0.4, -0.2) is 49.4 Å². The Bertz CT molecular complexity index is 280. The monoisotopic (exact) mass is 384 g/mol. The van der Waals surface area contributed by atoms with Crippen molar-refractivity contribution >= 4 is 36.2 Å². The molecular formula is C12H32O6Si4. The highest BCUT2D eigenvalue weighted by Crippen LogP contribution is 2.23. The normalized spacial score (nSPS) is 36.8. The van der Waals surface area contributed by atoms with E-state index in [0.29, 0.717) is 13.2 Å². The SMILES string of the molecule is CCCCO[Si]1(C)O[SiH](C)O[Si](C)(OCCCC)O[SiH](C)O1. The molecule has 0 aromatic heterocycles. The minimum Gasteiger partial charge on any atom is -0.396 e. The van der Waals surface area contributed by atoms with Gasteiger partial charge in [0.25, 0.3) is 0 Å². The van der Waals surface area contributed by atoms with Gasteiger partial charge in [-0.1, -0.05) is 26.7 Å². The quantitative estimate of drug-likeness (QED) is 0.473. The molecule has 0 aromatic carbocycles. The molecule has 1 heterocycles. The smallest absolute Gasteiger partial charge is 0.396 e. The van der Waals surface area contributed by atoms with Crippen LogP contribution in [0.2, 0.25) is 26.2 Å². The Hall–Kier alpha value is 0.628. The molecule has 0 bridgehead atoms. The number of rotatable bonds is 8.